The molecule has 10 aromatic rings. The second-order valence-electron chi connectivity index (χ2n) is 14.6. The van der Waals surface area contributed by atoms with Crippen LogP contribution in [0, 0.1) is 0 Å². The number of benzene rings is 9. The minimum absolute atomic E-state index is 0.443. The van der Waals surface area contributed by atoms with Crippen LogP contribution in [0.15, 0.2) is 194 Å². The normalized spacial score (nSPS) is 13.3. The Morgan fingerprint density at radius 1 is 0.389 bits per heavy atom. The Bertz CT molecular complexity index is 3100. The van der Waals surface area contributed by atoms with Crippen LogP contribution >= 0.6 is 0 Å². The van der Waals surface area contributed by atoms with E-state index in [0.29, 0.717) is 0 Å². The summed E-state index contributed by atoms with van der Waals surface area (Å²) >= 11 is 0. The Hall–Kier alpha value is -7.03. The molecule has 0 saturated heterocycles. The number of hydrogen-bond acceptors (Lipinski definition) is 1. The Balaban J connectivity index is 1.14. The lowest BCUT2D eigenvalue weighted by atomic mass is 9.70. The maximum Gasteiger partial charge on any atom is 0.145 e. The Morgan fingerprint density at radius 3 is 1.76 bits per heavy atom. The predicted octanol–water partition coefficient (Wildman–Crippen LogP) is 13.0. The molecule has 12 rings (SSSR count). The molecule has 250 valence electrons. The number of nitrogens with zero attached hydrogens (tertiary/aromatic N) is 2. The van der Waals surface area contributed by atoms with Gasteiger partial charge in [0.2, 0.25) is 0 Å². The second kappa shape index (κ2) is 11.0. The molecule has 1 heterocycles. The SMILES string of the molecule is c1ccc(-n2c(-c3ccc(-c4cc5c(c6ccccc46)-c4c(ccc6ccccc46)C54c5ccccc5-c5ccccc54)cc3)nc3ccccc32)cc1. The summed E-state index contributed by atoms with van der Waals surface area (Å²) in [4.78, 5) is 5.16. The third-order valence-electron chi connectivity index (χ3n) is 12.0. The van der Waals surface area contributed by atoms with Crippen molar-refractivity contribution in [2.75, 3.05) is 0 Å². The summed E-state index contributed by atoms with van der Waals surface area (Å²) in [7, 11) is 0. The number of aromatic nitrogens is 2. The molecule has 2 nitrogen and oxygen atoms in total. The third-order valence-corrected chi connectivity index (χ3v) is 12.0. The first-order valence-electron chi connectivity index (χ1n) is 18.7. The first kappa shape index (κ1) is 29.5. The Labute approximate surface area is 313 Å². The van der Waals surface area contributed by atoms with Crippen LogP contribution in [0.1, 0.15) is 22.3 Å². The molecule has 1 spiro atoms. The van der Waals surface area contributed by atoms with Gasteiger partial charge in [-0.05, 0) is 108 Å². The first-order chi connectivity index (χ1) is 26.8. The van der Waals surface area contributed by atoms with Crippen molar-refractivity contribution >= 4 is 32.6 Å². The number of para-hydroxylation sites is 3. The van der Waals surface area contributed by atoms with Crippen molar-refractivity contribution in [3.05, 3.63) is 216 Å². The fourth-order valence-corrected chi connectivity index (χ4v) is 9.85. The van der Waals surface area contributed by atoms with Crippen molar-refractivity contribution < 1.29 is 0 Å². The fourth-order valence-electron chi connectivity index (χ4n) is 9.85. The van der Waals surface area contributed by atoms with Crippen LogP contribution in [-0.4, -0.2) is 9.55 Å². The molecule has 1 aromatic heterocycles. The van der Waals surface area contributed by atoms with Crippen LogP contribution in [0.25, 0.3) is 83.0 Å². The summed E-state index contributed by atoms with van der Waals surface area (Å²) in [6, 6.07) is 71.4. The lowest BCUT2D eigenvalue weighted by molar-refractivity contribution is 0.795. The van der Waals surface area contributed by atoms with Crippen LogP contribution < -0.4 is 0 Å². The molecule has 0 unspecified atom stereocenters. The Kier molecular flexibility index (Phi) is 6.01. The average molecular weight is 685 g/mol. The summed E-state index contributed by atoms with van der Waals surface area (Å²) < 4.78 is 2.27. The number of fused-ring (bicyclic) bond motifs is 15. The van der Waals surface area contributed by atoms with Gasteiger partial charge in [0.05, 0.1) is 16.4 Å². The summed E-state index contributed by atoms with van der Waals surface area (Å²) in [5.74, 6) is 0.938. The number of imidazole rings is 1. The lowest BCUT2D eigenvalue weighted by Gasteiger charge is -2.31. The summed E-state index contributed by atoms with van der Waals surface area (Å²) in [6.07, 6.45) is 0. The van der Waals surface area contributed by atoms with Crippen LogP contribution in [0.2, 0.25) is 0 Å². The molecule has 2 aliphatic carbocycles. The van der Waals surface area contributed by atoms with Crippen LogP contribution in [0.5, 0.6) is 0 Å². The maximum atomic E-state index is 5.16. The molecule has 0 fully saturated rings. The predicted molar refractivity (Wildman–Crippen MR) is 223 cm³/mol. The van der Waals surface area contributed by atoms with E-state index < -0.39 is 5.41 Å². The van der Waals surface area contributed by atoms with Gasteiger partial charge in [-0.2, -0.15) is 0 Å². The standard InChI is InChI=1S/C52H32N2/c1-2-15-36(16-3-1)54-48-25-13-12-24-47(48)53-51(54)35-28-26-34(27-29-35)42-32-46-50(41-21-7-6-18-38(41)42)49-37-17-5-4-14-33(37)30-31-45(49)52(46)43-22-10-8-19-39(43)40-20-9-11-23-44(40)52/h1-32H. The van der Waals surface area contributed by atoms with E-state index in [-0.39, 0.29) is 0 Å². The first-order valence-corrected chi connectivity index (χ1v) is 18.7. The zero-order valence-electron chi connectivity index (χ0n) is 29.4. The monoisotopic (exact) mass is 684 g/mol. The molecule has 0 N–H and O–H groups in total. The molecule has 54 heavy (non-hydrogen) atoms. The van der Waals surface area contributed by atoms with Gasteiger partial charge >= 0.3 is 0 Å². The van der Waals surface area contributed by atoms with Crippen molar-refractivity contribution in [2.45, 2.75) is 5.41 Å². The minimum Gasteiger partial charge on any atom is -0.292 e. The second-order valence-corrected chi connectivity index (χ2v) is 14.6. The largest absolute Gasteiger partial charge is 0.292 e. The quantitative estimate of drug-likeness (QED) is 0.181. The van der Waals surface area contributed by atoms with Crippen molar-refractivity contribution in [3.8, 4) is 50.5 Å². The van der Waals surface area contributed by atoms with Gasteiger partial charge in [0.15, 0.2) is 0 Å². The summed E-state index contributed by atoms with van der Waals surface area (Å²) in [6.45, 7) is 0. The van der Waals surface area contributed by atoms with Crippen LogP contribution in [0.4, 0.5) is 0 Å². The van der Waals surface area contributed by atoms with Crippen molar-refractivity contribution in [1.29, 1.82) is 0 Å². The zero-order chi connectivity index (χ0) is 35.4. The highest BCUT2D eigenvalue weighted by molar-refractivity contribution is 6.16. The van der Waals surface area contributed by atoms with Gasteiger partial charge in [0.25, 0.3) is 0 Å². The van der Waals surface area contributed by atoms with Crippen LogP contribution in [0.3, 0.4) is 0 Å². The Morgan fingerprint density at radius 2 is 0.981 bits per heavy atom. The van der Waals surface area contributed by atoms with Gasteiger partial charge in [-0.3, -0.25) is 4.57 Å². The third kappa shape index (κ3) is 3.81. The molecule has 9 aromatic carbocycles. The summed E-state index contributed by atoms with van der Waals surface area (Å²) in [5.41, 5.74) is 17.0. The van der Waals surface area contributed by atoms with Gasteiger partial charge in [-0.15, -0.1) is 0 Å². The van der Waals surface area contributed by atoms with E-state index in [1.165, 1.54) is 77.2 Å². The highest BCUT2D eigenvalue weighted by Gasteiger charge is 2.52. The molecule has 0 saturated carbocycles. The van der Waals surface area contributed by atoms with Gasteiger partial charge < -0.3 is 0 Å². The van der Waals surface area contributed by atoms with Gasteiger partial charge in [0.1, 0.15) is 5.82 Å². The van der Waals surface area contributed by atoms with Crippen molar-refractivity contribution in [1.82, 2.24) is 9.55 Å². The van der Waals surface area contributed by atoms with E-state index >= 15 is 0 Å². The molecular weight excluding hydrogens is 653 g/mol. The molecule has 0 atom stereocenters. The van der Waals surface area contributed by atoms with Gasteiger partial charge in [-0.1, -0.05) is 164 Å². The van der Waals surface area contributed by atoms with E-state index in [1.54, 1.807) is 0 Å². The zero-order valence-corrected chi connectivity index (χ0v) is 29.4. The van der Waals surface area contributed by atoms with E-state index in [0.717, 1.165) is 28.1 Å². The highest BCUT2D eigenvalue weighted by Crippen LogP contribution is 2.65. The molecule has 0 amide bonds. The molecule has 0 aliphatic heterocycles. The van der Waals surface area contributed by atoms with Crippen LogP contribution in [-0.2, 0) is 5.41 Å². The van der Waals surface area contributed by atoms with E-state index in [9.17, 15) is 0 Å². The molecule has 0 radical (unpaired) electrons. The topological polar surface area (TPSA) is 17.8 Å². The molecular formula is C52H32N2. The molecule has 0 bridgehead atoms. The molecule has 2 heteroatoms. The van der Waals surface area contributed by atoms with Gasteiger partial charge in [-0.25, -0.2) is 4.98 Å². The number of hydrogen-bond donors (Lipinski definition) is 0. The van der Waals surface area contributed by atoms with Gasteiger partial charge in [0, 0.05) is 11.3 Å². The number of rotatable bonds is 3. The minimum atomic E-state index is -0.443. The van der Waals surface area contributed by atoms with Crippen molar-refractivity contribution in [3.63, 3.8) is 0 Å². The fraction of sp³-hybridized carbons (Fsp3) is 0.0192. The van der Waals surface area contributed by atoms with E-state index in [1.807, 2.05) is 0 Å². The average Bonchev–Trinajstić information content (AvgIpc) is 3.88. The van der Waals surface area contributed by atoms with E-state index in [2.05, 4.69) is 199 Å². The summed E-state index contributed by atoms with van der Waals surface area (Å²) in [5, 5.41) is 5.12. The molecule has 2 aliphatic rings. The highest BCUT2D eigenvalue weighted by atomic mass is 15.1. The lowest BCUT2D eigenvalue weighted by Crippen LogP contribution is -2.26. The van der Waals surface area contributed by atoms with Crippen molar-refractivity contribution in [2.24, 2.45) is 0 Å². The maximum absolute atomic E-state index is 5.16. The smallest absolute Gasteiger partial charge is 0.145 e. The van der Waals surface area contributed by atoms with E-state index in [4.69, 9.17) is 4.98 Å².